The average molecular weight is 164 g/mol. The number of aliphatic hydroxyl groups excluding tert-OH is 1. The highest BCUT2D eigenvalue weighted by molar-refractivity contribution is 7.13. The van der Waals surface area contributed by atoms with Crippen molar-refractivity contribution in [2.45, 2.75) is 13.0 Å². The first-order valence-electron chi connectivity index (χ1n) is 2.49. The molecule has 0 radical (unpaired) electrons. The van der Waals surface area contributed by atoms with Gasteiger partial charge in [0.15, 0.2) is 4.47 Å². The predicted molar refractivity (Wildman–Crippen MR) is 37.8 cm³/mol. The second kappa shape index (κ2) is 2.64. The third-order valence-corrected chi connectivity index (χ3v) is 1.92. The molecular formula is C5H6ClNOS. The van der Waals surface area contributed by atoms with Crippen molar-refractivity contribution in [2.24, 2.45) is 0 Å². The smallest absolute Gasteiger partial charge is 0.183 e. The Labute approximate surface area is 62.1 Å². The van der Waals surface area contributed by atoms with E-state index < -0.39 is 6.10 Å². The van der Waals surface area contributed by atoms with E-state index in [-0.39, 0.29) is 0 Å². The Hall–Kier alpha value is -0.120. The van der Waals surface area contributed by atoms with Crippen molar-refractivity contribution < 1.29 is 5.11 Å². The highest BCUT2D eigenvalue weighted by atomic mass is 35.5. The van der Waals surface area contributed by atoms with Crippen LogP contribution in [0.5, 0.6) is 0 Å². The number of halogens is 1. The number of hydrogen-bond acceptors (Lipinski definition) is 3. The first-order valence-corrected chi connectivity index (χ1v) is 3.75. The zero-order valence-electron chi connectivity index (χ0n) is 4.84. The van der Waals surface area contributed by atoms with Gasteiger partial charge >= 0.3 is 0 Å². The molecule has 1 N–H and O–H groups in total. The van der Waals surface area contributed by atoms with Gasteiger partial charge in [0.25, 0.3) is 0 Å². The van der Waals surface area contributed by atoms with E-state index in [4.69, 9.17) is 16.7 Å². The molecule has 9 heavy (non-hydrogen) atoms. The summed E-state index contributed by atoms with van der Waals surface area (Å²) in [7, 11) is 0. The van der Waals surface area contributed by atoms with E-state index in [9.17, 15) is 0 Å². The Bertz CT molecular complexity index is 199. The fourth-order valence-electron chi connectivity index (χ4n) is 0.455. The quantitative estimate of drug-likeness (QED) is 0.686. The lowest BCUT2D eigenvalue weighted by Gasteiger charge is -1.94. The van der Waals surface area contributed by atoms with Gasteiger partial charge in [-0.05, 0) is 6.92 Å². The van der Waals surface area contributed by atoms with Crippen LogP contribution in [0.25, 0.3) is 0 Å². The molecule has 0 bridgehead atoms. The molecule has 1 rings (SSSR count). The first-order chi connectivity index (χ1) is 4.20. The third kappa shape index (κ3) is 1.64. The second-order valence-electron chi connectivity index (χ2n) is 1.70. The van der Waals surface area contributed by atoms with Crippen LogP contribution in [0, 0.1) is 0 Å². The van der Waals surface area contributed by atoms with Crippen molar-refractivity contribution in [3.63, 3.8) is 0 Å². The molecule has 1 aromatic heterocycles. The Morgan fingerprint density at radius 1 is 1.89 bits per heavy atom. The van der Waals surface area contributed by atoms with Crippen molar-refractivity contribution in [1.29, 1.82) is 0 Å². The molecule has 0 saturated carbocycles. The molecule has 1 heterocycles. The van der Waals surface area contributed by atoms with Crippen LogP contribution in [0.1, 0.15) is 18.7 Å². The molecule has 50 valence electrons. The van der Waals surface area contributed by atoms with Gasteiger partial charge in [0, 0.05) is 5.38 Å². The summed E-state index contributed by atoms with van der Waals surface area (Å²) in [5, 5.41) is 10.7. The van der Waals surface area contributed by atoms with Gasteiger partial charge in [-0.2, -0.15) is 0 Å². The molecule has 0 amide bonds. The normalized spacial score (nSPS) is 13.7. The molecule has 0 aliphatic heterocycles. The molecular weight excluding hydrogens is 158 g/mol. The summed E-state index contributed by atoms with van der Waals surface area (Å²) in [5.41, 5.74) is 0.644. The molecule has 1 unspecified atom stereocenters. The van der Waals surface area contributed by atoms with Crippen molar-refractivity contribution in [3.8, 4) is 0 Å². The highest BCUT2D eigenvalue weighted by Crippen LogP contribution is 2.19. The Balaban J connectivity index is 2.85. The highest BCUT2D eigenvalue weighted by Gasteiger charge is 2.03. The van der Waals surface area contributed by atoms with Crippen molar-refractivity contribution in [3.05, 3.63) is 15.5 Å². The molecule has 0 aliphatic carbocycles. The maximum absolute atomic E-state index is 8.92. The van der Waals surface area contributed by atoms with E-state index in [1.165, 1.54) is 11.3 Å². The summed E-state index contributed by atoms with van der Waals surface area (Å²) in [5.74, 6) is 0. The van der Waals surface area contributed by atoms with Gasteiger partial charge in [-0.15, -0.1) is 11.3 Å². The fourth-order valence-corrected chi connectivity index (χ4v) is 1.31. The Kier molecular flexibility index (Phi) is 2.05. The minimum Gasteiger partial charge on any atom is -0.387 e. The molecule has 1 atom stereocenters. The van der Waals surface area contributed by atoms with Crippen molar-refractivity contribution in [1.82, 2.24) is 4.98 Å². The maximum atomic E-state index is 8.92. The zero-order chi connectivity index (χ0) is 6.85. The van der Waals surface area contributed by atoms with Gasteiger partial charge in [0.1, 0.15) is 0 Å². The minimum atomic E-state index is -0.506. The standard InChI is InChI=1S/C5H6ClNOS/c1-3(8)4-2-9-5(6)7-4/h2-3,8H,1H3. The van der Waals surface area contributed by atoms with Crippen LogP contribution in [0.15, 0.2) is 5.38 Å². The van der Waals surface area contributed by atoms with Crippen molar-refractivity contribution >= 4 is 22.9 Å². The van der Waals surface area contributed by atoms with E-state index >= 15 is 0 Å². The van der Waals surface area contributed by atoms with Gasteiger partial charge in [-0.1, -0.05) is 11.6 Å². The molecule has 0 aliphatic rings. The number of nitrogens with zero attached hydrogens (tertiary/aromatic N) is 1. The fraction of sp³-hybridized carbons (Fsp3) is 0.400. The first kappa shape index (κ1) is 6.99. The number of thiazole rings is 1. The largest absolute Gasteiger partial charge is 0.387 e. The van der Waals surface area contributed by atoms with Crippen LogP contribution in [0.3, 0.4) is 0 Å². The van der Waals surface area contributed by atoms with Gasteiger partial charge in [0.05, 0.1) is 11.8 Å². The molecule has 2 nitrogen and oxygen atoms in total. The number of hydrogen-bond donors (Lipinski definition) is 1. The molecule has 0 fully saturated rings. The summed E-state index contributed by atoms with van der Waals surface area (Å²) >= 11 is 6.83. The maximum Gasteiger partial charge on any atom is 0.183 e. The van der Waals surface area contributed by atoms with Gasteiger partial charge < -0.3 is 5.11 Å². The van der Waals surface area contributed by atoms with Gasteiger partial charge in [-0.25, -0.2) is 4.98 Å². The Morgan fingerprint density at radius 3 is 2.78 bits per heavy atom. The van der Waals surface area contributed by atoms with Crippen LogP contribution in [-0.2, 0) is 0 Å². The van der Waals surface area contributed by atoms with Crippen LogP contribution in [0.4, 0.5) is 0 Å². The summed E-state index contributed by atoms with van der Waals surface area (Å²) < 4.78 is 0.478. The van der Waals surface area contributed by atoms with Crippen LogP contribution in [-0.4, -0.2) is 10.1 Å². The molecule has 1 aromatic rings. The lowest BCUT2D eigenvalue weighted by atomic mass is 10.3. The van der Waals surface area contributed by atoms with Gasteiger partial charge in [-0.3, -0.25) is 0 Å². The topological polar surface area (TPSA) is 33.1 Å². The minimum absolute atomic E-state index is 0.478. The summed E-state index contributed by atoms with van der Waals surface area (Å²) in [6, 6.07) is 0. The van der Waals surface area contributed by atoms with E-state index in [0.29, 0.717) is 10.2 Å². The lowest BCUT2D eigenvalue weighted by Crippen LogP contribution is -1.88. The van der Waals surface area contributed by atoms with E-state index in [1.54, 1.807) is 12.3 Å². The monoisotopic (exact) mass is 163 g/mol. The summed E-state index contributed by atoms with van der Waals surface area (Å²) in [4.78, 5) is 3.84. The van der Waals surface area contributed by atoms with Crippen molar-refractivity contribution in [2.75, 3.05) is 0 Å². The molecule has 0 spiro atoms. The molecule has 0 aromatic carbocycles. The van der Waals surface area contributed by atoms with Crippen LogP contribution < -0.4 is 0 Å². The van der Waals surface area contributed by atoms with Crippen LogP contribution in [0.2, 0.25) is 4.47 Å². The number of aromatic nitrogens is 1. The van der Waals surface area contributed by atoms with E-state index in [2.05, 4.69) is 4.98 Å². The van der Waals surface area contributed by atoms with Crippen LogP contribution >= 0.6 is 22.9 Å². The second-order valence-corrected chi connectivity index (χ2v) is 3.14. The van der Waals surface area contributed by atoms with E-state index in [1.807, 2.05) is 0 Å². The summed E-state index contributed by atoms with van der Waals surface area (Å²) in [6.45, 7) is 1.66. The molecule has 4 heteroatoms. The van der Waals surface area contributed by atoms with E-state index in [0.717, 1.165) is 0 Å². The lowest BCUT2D eigenvalue weighted by molar-refractivity contribution is 0.195. The van der Waals surface area contributed by atoms with Gasteiger partial charge in [0.2, 0.25) is 0 Å². The number of rotatable bonds is 1. The average Bonchev–Trinajstić information content (AvgIpc) is 2.14. The molecule has 0 saturated heterocycles. The SMILES string of the molecule is CC(O)c1csc(Cl)n1. The third-order valence-electron chi connectivity index (χ3n) is 0.922. The number of aliphatic hydroxyl groups is 1. The zero-order valence-corrected chi connectivity index (χ0v) is 6.41. The predicted octanol–water partition coefficient (Wildman–Crippen LogP) is 1.85. The Morgan fingerprint density at radius 2 is 2.56 bits per heavy atom. The summed E-state index contributed by atoms with van der Waals surface area (Å²) in [6.07, 6.45) is -0.506.